The first-order chi connectivity index (χ1) is 6.65. The van der Waals surface area contributed by atoms with E-state index >= 15 is 0 Å². The molecule has 0 heterocycles. The van der Waals surface area contributed by atoms with E-state index < -0.39 is 5.82 Å². The molecule has 0 aliphatic rings. The summed E-state index contributed by atoms with van der Waals surface area (Å²) in [5.74, 6) is -0.424. The lowest BCUT2D eigenvalue weighted by molar-refractivity contribution is 0.597. The van der Waals surface area contributed by atoms with Gasteiger partial charge < -0.3 is 11.5 Å². The standard InChI is InChI=1S/C10H14ClFN2/c11-8-4-3-7(6-9(8)12)10(14)2-1-5-13/h3-4,6,10H,1-2,5,13-14H2/t10-/m0/s1. The van der Waals surface area contributed by atoms with Gasteiger partial charge in [-0.25, -0.2) is 4.39 Å². The van der Waals surface area contributed by atoms with Crippen LogP contribution in [0.25, 0.3) is 0 Å². The number of nitrogens with two attached hydrogens (primary N) is 2. The molecule has 0 fully saturated rings. The van der Waals surface area contributed by atoms with Crippen LogP contribution in [0.4, 0.5) is 4.39 Å². The van der Waals surface area contributed by atoms with Gasteiger partial charge >= 0.3 is 0 Å². The Hall–Kier alpha value is -0.640. The average molecular weight is 217 g/mol. The number of halogens is 2. The Bertz CT molecular complexity index is 304. The molecule has 1 rings (SSSR count). The summed E-state index contributed by atoms with van der Waals surface area (Å²) in [5, 5.41) is 0.125. The van der Waals surface area contributed by atoms with Gasteiger partial charge in [-0.2, -0.15) is 0 Å². The highest BCUT2D eigenvalue weighted by Gasteiger charge is 2.07. The lowest BCUT2D eigenvalue weighted by atomic mass is 10.0. The largest absolute Gasteiger partial charge is 0.330 e. The fourth-order valence-electron chi connectivity index (χ4n) is 1.25. The molecule has 1 aromatic rings. The minimum absolute atomic E-state index is 0.125. The Balaban J connectivity index is 2.70. The molecule has 0 bridgehead atoms. The zero-order valence-electron chi connectivity index (χ0n) is 7.84. The number of benzene rings is 1. The van der Waals surface area contributed by atoms with Gasteiger partial charge in [-0.05, 0) is 37.1 Å². The summed E-state index contributed by atoms with van der Waals surface area (Å²) in [5.41, 5.74) is 12.0. The molecule has 0 radical (unpaired) electrons. The van der Waals surface area contributed by atoms with Gasteiger partial charge in [0, 0.05) is 6.04 Å². The van der Waals surface area contributed by atoms with E-state index in [0.29, 0.717) is 6.54 Å². The maximum atomic E-state index is 13.0. The van der Waals surface area contributed by atoms with Gasteiger partial charge in [0.25, 0.3) is 0 Å². The minimum atomic E-state index is -0.424. The highest BCUT2D eigenvalue weighted by molar-refractivity contribution is 6.30. The molecule has 4 heteroatoms. The van der Waals surface area contributed by atoms with E-state index in [1.54, 1.807) is 6.07 Å². The lowest BCUT2D eigenvalue weighted by Crippen LogP contribution is -2.12. The van der Waals surface area contributed by atoms with Gasteiger partial charge in [0.15, 0.2) is 0 Å². The number of hydrogen-bond acceptors (Lipinski definition) is 2. The van der Waals surface area contributed by atoms with Crippen molar-refractivity contribution in [1.82, 2.24) is 0 Å². The fraction of sp³-hybridized carbons (Fsp3) is 0.400. The van der Waals surface area contributed by atoms with Crippen LogP contribution in [-0.4, -0.2) is 6.54 Å². The maximum Gasteiger partial charge on any atom is 0.142 e. The number of rotatable bonds is 4. The highest BCUT2D eigenvalue weighted by Crippen LogP contribution is 2.21. The predicted octanol–water partition coefficient (Wildman–Crippen LogP) is 2.22. The van der Waals surface area contributed by atoms with Crippen LogP contribution >= 0.6 is 11.6 Å². The van der Waals surface area contributed by atoms with Crippen molar-refractivity contribution in [2.24, 2.45) is 11.5 Å². The van der Waals surface area contributed by atoms with E-state index in [9.17, 15) is 4.39 Å². The van der Waals surface area contributed by atoms with Gasteiger partial charge in [0.1, 0.15) is 5.82 Å². The molecule has 0 amide bonds. The first-order valence-corrected chi connectivity index (χ1v) is 4.93. The second-order valence-corrected chi connectivity index (χ2v) is 3.62. The third kappa shape index (κ3) is 2.94. The third-order valence-electron chi connectivity index (χ3n) is 2.09. The zero-order chi connectivity index (χ0) is 10.6. The monoisotopic (exact) mass is 216 g/mol. The van der Waals surface area contributed by atoms with E-state index in [2.05, 4.69) is 0 Å². The molecule has 14 heavy (non-hydrogen) atoms. The van der Waals surface area contributed by atoms with Gasteiger partial charge in [0.05, 0.1) is 5.02 Å². The van der Waals surface area contributed by atoms with Crippen LogP contribution in [0.1, 0.15) is 24.4 Å². The quantitative estimate of drug-likeness (QED) is 0.811. The molecule has 0 aromatic heterocycles. The summed E-state index contributed by atoms with van der Waals surface area (Å²) in [7, 11) is 0. The molecule has 78 valence electrons. The molecule has 0 aliphatic carbocycles. The molecule has 0 saturated heterocycles. The van der Waals surface area contributed by atoms with E-state index in [-0.39, 0.29) is 11.1 Å². The maximum absolute atomic E-state index is 13.0. The summed E-state index contributed by atoms with van der Waals surface area (Å²) in [6.07, 6.45) is 1.60. The second kappa shape index (κ2) is 5.29. The van der Waals surface area contributed by atoms with Crippen molar-refractivity contribution in [2.45, 2.75) is 18.9 Å². The van der Waals surface area contributed by atoms with Crippen LogP contribution in [0.5, 0.6) is 0 Å². The molecule has 0 spiro atoms. The van der Waals surface area contributed by atoms with Crippen molar-refractivity contribution in [2.75, 3.05) is 6.54 Å². The Labute approximate surface area is 88.0 Å². The Morgan fingerprint density at radius 1 is 1.43 bits per heavy atom. The van der Waals surface area contributed by atoms with Crippen LogP contribution in [0.2, 0.25) is 5.02 Å². The summed E-state index contributed by atoms with van der Waals surface area (Å²) in [6.45, 7) is 0.601. The van der Waals surface area contributed by atoms with Crippen molar-refractivity contribution < 1.29 is 4.39 Å². The van der Waals surface area contributed by atoms with E-state index in [1.165, 1.54) is 12.1 Å². The van der Waals surface area contributed by atoms with Gasteiger partial charge in [-0.15, -0.1) is 0 Å². The van der Waals surface area contributed by atoms with Gasteiger partial charge in [-0.1, -0.05) is 17.7 Å². The predicted molar refractivity (Wildman–Crippen MR) is 56.6 cm³/mol. The molecule has 2 nitrogen and oxygen atoms in total. The van der Waals surface area contributed by atoms with Gasteiger partial charge in [0.2, 0.25) is 0 Å². The molecule has 4 N–H and O–H groups in total. The first kappa shape index (κ1) is 11.4. The third-order valence-corrected chi connectivity index (χ3v) is 2.40. The minimum Gasteiger partial charge on any atom is -0.330 e. The SMILES string of the molecule is NCCC[C@H](N)c1ccc(Cl)c(F)c1. The summed E-state index contributed by atoms with van der Waals surface area (Å²) < 4.78 is 13.0. The molecule has 0 aliphatic heterocycles. The van der Waals surface area contributed by atoms with Crippen LogP contribution in [0.3, 0.4) is 0 Å². The lowest BCUT2D eigenvalue weighted by Gasteiger charge is -2.11. The van der Waals surface area contributed by atoms with Crippen LogP contribution in [0, 0.1) is 5.82 Å². The number of hydrogen-bond donors (Lipinski definition) is 2. The topological polar surface area (TPSA) is 52.0 Å². The van der Waals surface area contributed by atoms with Crippen LogP contribution < -0.4 is 11.5 Å². The summed E-state index contributed by atoms with van der Waals surface area (Å²) in [4.78, 5) is 0. The molecule has 1 atom stereocenters. The van der Waals surface area contributed by atoms with E-state index in [1.807, 2.05) is 0 Å². The van der Waals surface area contributed by atoms with Crippen molar-refractivity contribution in [3.05, 3.63) is 34.6 Å². The van der Waals surface area contributed by atoms with Crippen molar-refractivity contribution in [1.29, 1.82) is 0 Å². The molecule has 0 saturated carbocycles. The summed E-state index contributed by atoms with van der Waals surface area (Å²) >= 11 is 5.55. The van der Waals surface area contributed by atoms with Crippen LogP contribution in [-0.2, 0) is 0 Å². The van der Waals surface area contributed by atoms with Crippen LogP contribution in [0.15, 0.2) is 18.2 Å². The van der Waals surface area contributed by atoms with Crippen molar-refractivity contribution in [3.8, 4) is 0 Å². The normalized spacial score (nSPS) is 12.9. The van der Waals surface area contributed by atoms with E-state index in [4.69, 9.17) is 23.1 Å². The molecular formula is C10H14ClFN2. The molecular weight excluding hydrogens is 203 g/mol. The second-order valence-electron chi connectivity index (χ2n) is 3.21. The van der Waals surface area contributed by atoms with Crippen molar-refractivity contribution in [3.63, 3.8) is 0 Å². The smallest absolute Gasteiger partial charge is 0.142 e. The molecule has 1 aromatic carbocycles. The van der Waals surface area contributed by atoms with Gasteiger partial charge in [-0.3, -0.25) is 0 Å². The first-order valence-electron chi connectivity index (χ1n) is 4.55. The highest BCUT2D eigenvalue weighted by atomic mass is 35.5. The van der Waals surface area contributed by atoms with Crippen molar-refractivity contribution >= 4 is 11.6 Å². The summed E-state index contributed by atoms with van der Waals surface area (Å²) in [6, 6.07) is 4.48. The average Bonchev–Trinajstić information content (AvgIpc) is 2.18. The Morgan fingerprint density at radius 3 is 2.71 bits per heavy atom. The Kier molecular flexibility index (Phi) is 4.32. The molecule has 0 unspecified atom stereocenters. The zero-order valence-corrected chi connectivity index (χ0v) is 8.60. The Morgan fingerprint density at radius 2 is 2.14 bits per heavy atom. The fourth-order valence-corrected chi connectivity index (χ4v) is 1.36. The van der Waals surface area contributed by atoms with E-state index in [0.717, 1.165) is 18.4 Å².